The van der Waals surface area contributed by atoms with Crippen LogP contribution < -0.4 is 11.1 Å². The van der Waals surface area contributed by atoms with Gasteiger partial charge in [-0.3, -0.25) is 4.79 Å². The highest BCUT2D eigenvalue weighted by molar-refractivity contribution is 5.77. The Morgan fingerprint density at radius 2 is 1.94 bits per heavy atom. The third kappa shape index (κ3) is 4.57. The minimum Gasteiger partial charge on any atom is -0.350 e. The van der Waals surface area contributed by atoms with Crippen molar-refractivity contribution in [1.29, 1.82) is 0 Å². The van der Waals surface area contributed by atoms with Gasteiger partial charge in [0.1, 0.15) is 0 Å². The summed E-state index contributed by atoms with van der Waals surface area (Å²) in [6.07, 6.45) is 0.459. The van der Waals surface area contributed by atoms with Gasteiger partial charge in [-0.25, -0.2) is 0 Å². The van der Waals surface area contributed by atoms with Crippen LogP contribution in [0.25, 0.3) is 0 Å². The Bertz CT molecular complexity index is 360. The maximum Gasteiger partial charge on any atom is 0.221 e. The van der Waals surface area contributed by atoms with Crippen molar-refractivity contribution in [3.05, 3.63) is 35.9 Å². The second-order valence-electron chi connectivity index (χ2n) is 5.24. The van der Waals surface area contributed by atoms with Crippen molar-refractivity contribution in [1.82, 2.24) is 5.32 Å². The number of rotatable bonds is 5. The van der Waals surface area contributed by atoms with Crippen LogP contribution in [0.4, 0.5) is 0 Å². The fraction of sp³-hybridized carbons (Fsp3) is 0.500. The Morgan fingerprint density at radius 3 is 2.47 bits per heavy atom. The largest absolute Gasteiger partial charge is 0.350 e. The van der Waals surface area contributed by atoms with Crippen molar-refractivity contribution in [3.8, 4) is 0 Å². The highest BCUT2D eigenvalue weighted by atomic mass is 16.1. The van der Waals surface area contributed by atoms with Crippen LogP contribution in [0.3, 0.4) is 0 Å². The molecule has 3 heteroatoms. The molecule has 0 aliphatic rings. The third-order valence-corrected chi connectivity index (χ3v) is 2.87. The van der Waals surface area contributed by atoms with E-state index in [2.05, 4.69) is 5.32 Å². The summed E-state index contributed by atoms with van der Waals surface area (Å²) in [5.74, 6) is 0.0526. The average Bonchev–Trinajstić information content (AvgIpc) is 2.29. The van der Waals surface area contributed by atoms with E-state index in [1.165, 1.54) is 0 Å². The lowest BCUT2D eigenvalue weighted by molar-refractivity contribution is -0.123. The first-order valence-corrected chi connectivity index (χ1v) is 5.99. The summed E-state index contributed by atoms with van der Waals surface area (Å²) in [5, 5.41) is 2.99. The van der Waals surface area contributed by atoms with E-state index in [1.54, 1.807) is 0 Å². The Hall–Kier alpha value is -1.35. The van der Waals surface area contributed by atoms with Crippen molar-refractivity contribution in [3.63, 3.8) is 0 Å². The molecular formula is C14H22N2O. The molecule has 3 N–H and O–H groups in total. The number of nitrogens with one attached hydrogen (secondary N) is 1. The highest BCUT2D eigenvalue weighted by Gasteiger charge is 2.21. The summed E-state index contributed by atoms with van der Waals surface area (Å²) in [6.45, 7) is 6.50. The number of nitrogens with two attached hydrogens (primary N) is 1. The number of benzene rings is 1. The molecule has 17 heavy (non-hydrogen) atoms. The molecule has 0 aliphatic heterocycles. The van der Waals surface area contributed by atoms with Crippen LogP contribution in [0.1, 0.15) is 38.8 Å². The fourth-order valence-corrected chi connectivity index (χ4v) is 1.62. The Labute approximate surface area is 103 Å². The van der Waals surface area contributed by atoms with E-state index in [-0.39, 0.29) is 17.4 Å². The fourth-order valence-electron chi connectivity index (χ4n) is 1.62. The molecule has 0 aliphatic carbocycles. The number of carbonyl (C=O) groups is 1. The summed E-state index contributed by atoms with van der Waals surface area (Å²) in [6, 6.07) is 9.98. The van der Waals surface area contributed by atoms with Gasteiger partial charge >= 0.3 is 0 Å². The molecule has 1 amide bonds. The highest BCUT2D eigenvalue weighted by Crippen LogP contribution is 2.19. The number of carbonyl (C=O) groups excluding carboxylic acids is 1. The van der Waals surface area contributed by atoms with Gasteiger partial charge in [-0.2, -0.15) is 0 Å². The first-order chi connectivity index (χ1) is 7.94. The maximum atomic E-state index is 11.8. The standard InChI is InChI=1S/C14H22N2O/c1-11(12-7-5-4-6-8-12)16-13(17)9-14(2,3)10-15/h4-8,11H,9-10,15H2,1-3H3,(H,16,17). The monoisotopic (exact) mass is 234 g/mol. The number of amides is 1. The normalized spacial score (nSPS) is 13.2. The van der Waals surface area contributed by atoms with Crippen LogP contribution in [0.5, 0.6) is 0 Å². The van der Waals surface area contributed by atoms with Crippen molar-refractivity contribution >= 4 is 5.91 Å². The van der Waals surface area contributed by atoms with Crippen LogP contribution in [0.15, 0.2) is 30.3 Å². The van der Waals surface area contributed by atoms with E-state index in [4.69, 9.17) is 5.73 Å². The molecule has 1 atom stereocenters. The van der Waals surface area contributed by atoms with Gasteiger partial charge in [-0.1, -0.05) is 44.2 Å². The Morgan fingerprint density at radius 1 is 1.35 bits per heavy atom. The summed E-state index contributed by atoms with van der Waals surface area (Å²) < 4.78 is 0. The van der Waals surface area contributed by atoms with Gasteiger partial charge in [0.25, 0.3) is 0 Å². The summed E-state index contributed by atoms with van der Waals surface area (Å²) in [4.78, 5) is 11.8. The van der Waals surface area contributed by atoms with Crippen molar-refractivity contribution in [2.45, 2.75) is 33.2 Å². The zero-order valence-electron chi connectivity index (χ0n) is 10.9. The van der Waals surface area contributed by atoms with Gasteiger partial charge in [-0.05, 0) is 24.4 Å². The SMILES string of the molecule is CC(NC(=O)CC(C)(C)CN)c1ccccc1. The maximum absolute atomic E-state index is 11.8. The minimum atomic E-state index is -0.138. The van der Waals surface area contributed by atoms with E-state index in [0.29, 0.717) is 13.0 Å². The summed E-state index contributed by atoms with van der Waals surface area (Å²) >= 11 is 0. The van der Waals surface area contributed by atoms with Gasteiger partial charge in [0.2, 0.25) is 5.91 Å². The van der Waals surface area contributed by atoms with E-state index < -0.39 is 0 Å². The molecular weight excluding hydrogens is 212 g/mol. The predicted molar refractivity (Wildman–Crippen MR) is 70.5 cm³/mol. The van der Waals surface area contributed by atoms with Gasteiger partial charge in [-0.15, -0.1) is 0 Å². The number of hydrogen-bond acceptors (Lipinski definition) is 2. The molecule has 0 bridgehead atoms. The van der Waals surface area contributed by atoms with E-state index in [1.807, 2.05) is 51.1 Å². The third-order valence-electron chi connectivity index (χ3n) is 2.87. The summed E-state index contributed by atoms with van der Waals surface area (Å²) in [5.41, 5.74) is 6.60. The molecule has 0 fully saturated rings. The molecule has 3 nitrogen and oxygen atoms in total. The van der Waals surface area contributed by atoms with E-state index in [0.717, 1.165) is 5.56 Å². The quantitative estimate of drug-likeness (QED) is 0.821. The second-order valence-corrected chi connectivity index (χ2v) is 5.24. The predicted octanol–water partition coefficient (Wildman–Crippen LogP) is 2.24. The van der Waals surface area contributed by atoms with Gasteiger partial charge in [0.05, 0.1) is 6.04 Å². The Kier molecular flexibility index (Phi) is 4.70. The molecule has 1 aromatic carbocycles. The van der Waals surface area contributed by atoms with Gasteiger partial charge < -0.3 is 11.1 Å². The molecule has 94 valence electrons. The first kappa shape index (κ1) is 13.7. The Balaban J connectivity index is 2.52. The lowest BCUT2D eigenvalue weighted by Crippen LogP contribution is -2.34. The molecule has 1 aromatic rings. The number of hydrogen-bond donors (Lipinski definition) is 2. The summed E-state index contributed by atoms with van der Waals surface area (Å²) in [7, 11) is 0. The van der Waals surface area contributed by atoms with Crippen LogP contribution in [0.2, 0.25) is 0 Å². The van der Waals surface area contributed by atoms with E-state index >= 15 is 0 Å². The van der Waals surface area contributed by atoms with Crippen LogP contribution in [-0.2, 0) is 4.79 Å². The topological polar surface area (TPSA) is 55.1 Å². The minimum absolute atomic E-state index is 0.0391. The zero-order valence-corrected chi connectivity index (χ0v) is 10.9. The molecule has 0 heterocycles. The lowest BCUT2D eigenvalue weighted by Gasteiger charge is -2.23. The molecule has 0 spiro atoms. The van der Waals surface area contributed by atoms with Crippen LogP contribution >= 0.6 is 0 Å². The molecule has 0 saturated carbocycles. The van der Waals surface area contributed by atoms with Gasteiger partial charge in [0.15, 0.2) is 0 Å². The molecule has 1 unspecified atom stereocenters. The average molecular weight is 234 g/mol. The first-order valence-electron chi connectivity index (χ1n) is 5.99. The molecule has 0 aromatic heterocycles. The molecule has 0 saturated heterocycles. The van der Waals surface area contributed by atoms with Crippen LogP contribution in [0, 0.1) is 5.41 Å². The van der Waals surface area contributed by atoms with Gasteiger partial charge in [0, 0.05) is 6.42 Å². The zero-order chi connectivity index (χ0) is 12.9. The molecule has 0 radical (unpaired) electrons. The van der Waals surface area contributed by atoms with Crippen molar-refractivity contribution < 1.29 is 4.79 Å². The van der Waals surface area contributed by atoms with Crippen molar-refractivity contribution in [2.75, 3.05) is 6.54 Å². The van der Waals surface area contributed by atoms with E-state index in [9.17, 15) is 4.79 Å². The van der Waals surface area contributed by atoms with Crippen LogP contribution in [-0.4, -0.2) is 12.5 Å². The lowest BCUT2D eigenvalue weighted by atomic mass is 9.89. The van der Waals surface area contributed by atoms with Crippen molar-refractivity contribution in [2.24, 2.45) is 11.1 Å². The smallest absolute Gasteiger partial charge is 0.221 e. The second kappa shape index (κ2) is 5.82. The molecule has 1 rings (SSSR count).